The number of urea groups is 1. The molecule has 0 spiro atoms. The first-order valence-corrected chi connectivity index (χ1v) is 9.22. The molecule has 0 aromatic heterocycles. The van der Waals surface area contributed by atoms with Crippen LogP contribution in [0.5, 0.6) is 11.5 Å². The molecule has 0 unspecified atom stereocenters. The second-order valence-electron chi connectivity index (χ2n) is 6.90. The van der Waals surface area contributed by atoms with Crippen molar-refractivity contribution >= 4 is 6.03 Å². The van der Waals surface area contributed by atoms with Crippen LogP contribution < -0.4 is 20.1 Å². The van der Waals surface area contributed by atoms with Crippen LogP contribution in [0.25, 0.3) is 0 Å². The summed E-state index contributed by atoms with van der Waals surface area (Å²) in [6.07, 6.45) is 0.842. The van der Waals surface area contributed by atoms with Crippen molar-refractivity contribution in [2.24, 2.45) is 5.92 Å². The van der Waals surface area contributed by atoms with Gasteiger partial charge in [0.2, 0.25) is 0 Å². The number of rotatable bonds is 5. The van der Waals surface area contributed by atoms with Gasteiger partial charge < -0.3 is 20.1 Å². The smallest absolute Gasteiger partial charge is 0.315 e. The third kappa shape index (κ3) is 4.90. The third-order valence-electron chi connectivity index (χ3n) is 4.48. The quantitative estimate of drug-likeness (QED) is 0.828. The number of carbonyl (C=O) groups is 1. The highest BCUT2D eigenvalue weighted by atomic mass is 19.1. The summed E-state index contributed by atoms with van der Waals surface area (Å²) in [5.74, 6) is 1.25. The zero-order valence-corrected chi connectivity index (χ0v) is 15.6. The van der Waals surface area contributed by atoms with Gasteiger partial charge in [0.05, 0.1) is 19.3 Å². The molecule has 1 atom stereocenters. The molecular weight excluding hydrogens is 347 g/mol. The Morgan fingerprint density at radius 3 is 2.59 bits per heavy atom. The van der Waals surface area contributed by atoms with Gasteiger partial charge in [0.1, 0.15) is 5.82 Å². The molecule has 0 radical (unpaired) electrons. The molecule has 3 rings (SSSR count). The summed E-state index contributed by atoms with van der Waals surface area (Å²) in [5.41, 5.74) is 1.39. The SMILES string of the molecule is CC(C)[C@@H](NC(=O)NCc1ccccc1F)c1ccc2c(c1)OCCCO2. The molecule has 0 saturated carbocycles. The molecule has 0 saturated heterocycles. The van der Waals surface area contributed by atoms with Gasteiger partial charge in [-0.05, 0) is 29.7 Å². The van der Waals surface area contributed by atoms with Crippen molar-refractivity contribution in [1.82, 2.24) is 10.6 Å². The van der Waals surface area contributed by atoms with E-state index < -0.39 is 0 Å². The van der Waals surface area contributed by atoms with E-state index in [1.807, 2.05) is 32.0 Å². The van der Waals surface area contributed by atoms with Crippen molar-refractivity contribution in [3.8, 4) is 11.5 Å². The predicted molar refractivity (Wildman–Crippen MR) is 101 cm³/mol. The molecule has 1 heterocycles. The fraction of sp³-hybridized carbons (Fsp3) is 0.381. The van der Waals surface area contributed by atoms with Crippen molar-refractivity contribution in [2.75, 3.05) is 13.2 Å². The number of benzene rings is 2. The molecule has 2 aromatic rings. The average Bonchev–Trinajstić information content (AvgIpc) is 2.90. The molecule has 27 heavy (non-hydrogen) atoms. The highest BCUT2D eigenvalue weighted by molar-refractivity contribution is 5.74. The summed E-state index contributed by atoms with van der Waals surface area (Å²) >= 11 is 0. The maximum absolute atomic E-state index is 13.7. The molecule has 6 heteroatoms. The fourth-order valence-electron chi connectivity index (χ4n) is 3.02. The number of carbonyl (C=O) groups excluding carboxylic acids is 1. The van der Waals surface area contributed by atoms with Crippen molar-refractivity contribution in [3.63, 3.8) is 0 Å². The van der Waals surface area contributed by atoms with Crippen LogP contribution in [0.2, 0.25) is 0 Å². The van der Waals surface area contributed by atoms with Gasteiger partial charge in [-0.15, -0.1) is 0 Å². The zero-order valence-electron chi connectivity index (χ0n) is 15.6. The molecule has 2 amide bonds. The molecule has 144 valence electrons. The lowest BCUT2D eigenvalue weighted by Gasteiger charge is -2.24. The van der Waals surface area contributed by atoms with Gasteiger partial charge in [-0.25, -0.2) is 9.18 Å². The molecule has 0 fully saturated rings. The molecule has 1 aliphatic rings. The number of halogens is 1. The van der Waals surface area contributed by atoms with Crippen LogP contribution in [-0.2, 0) is 6.54 Å². The van der Waals surface area contributed by atoms with Gasteiger partial charge in [-0.1, -0.05) is 38.1 Å². The lowest BCUT2D eigenvalue weighted by atomic mass is 9.96. The number of ether oxygens (including phenoxy) is 2. The van der Waals surface area contributed by atoms with Crippen molar-refractivity contribution in [3.05, 3.63) is 59.4 Å². The van der Waals surface area contributed by atoms with Crippen LogP contribution >= 0.6 is 0 Å². The summed E-state index contributed by atoms with van der Waals surface area (Å²) in [6, 6.07) is 11.6. The predicted octanol–water partition coefficient (Wildman–Crippen LogP) is 4.18. The Morgan fingerprint density at radius 1 is 1.11 bits per heavy atom. The average molecular weight is 372 g/mol. The van der Waals surface area contributed by atoms with E-state index in [1.54, 1.807) is 18.2 Å². The van der Waals surface area contributed by atoms with Gasteiger partial charge in [0.25, 0.3) is 0 Å². The standard InChI is InChI=1S/C21H25FN2O3/c1-14(2)20(15-8-9-18-19(12-15)27-11-5-10-26-18)24-21(25)23-13-16-6-3-4-7-17(16)22/h3-4,6-9,12,14,20H,5,10-11,13H2,1-2H3,(H2,23,24,25)/t20-/m1/s1. The minimum absolute atomic E-state index is 0.129. The highest BCUT2D eigenvalue weighted by Gasteiger charge is 2.21. The first-order valence-electron chi connectivity index (χ1n) is 9.22. The summed E-state index contributed by atoms with van der Waals surface area (Å²) in [5, 5.41) is 5.70. The Hall–Kier alpha value is -2.76. The normalized spacial score (nSPS) is 14.4. The lowest BCUT2D eigenvalue weighted by Crippen LogP contribution is -2.39. The molecule has 0 aliphatic carbocycles. The maximum Gasteiger partial charge on any atom is 0.315 e. The van der Waals surface area contributed by atoms with Crippen molar-refractivity contribution in [1.29, 1.82) is 0 Å². The van der Waals surface area contributed by atoms with Gasteiger partial charge in [-0.2, -0.15) is 0 Å². The number of hydrogen-bond donors (Lipinski definition) is 2. The second-order valence-corrected chi connectivity index (χ2v) is 6.90. The summed E-state index contributed by atoms with van der Waals surface area (Å²) < 4.78 is 25.1. The summed E-state index contributed by atoms with van der Waals surface area (Å²) in [6.45, 7) is 5.44. The number of amides is 2. The third-order valence-corrected chi connectivity index (χ3v) is 4.48. The second kappa shape index (κ2) is 8.75. The van der Waals surface area contributed by atoms with Crippen LogP contribution in [0.1, 0.15) is 37.4 Å². The Kier molecular flexibility index (Phi) is 6.16. The van der Waals surface area contributed by atoms with Crippen LogP contribution in [-0.4, -0.2) is 19.2 Å². The number of fused-ring (bicyclic) bond motifs is 1. The van der Waals surface area contributed by atoms with E-state index in [0.29, 0.717) is 24.5 Å². The molecule has 0 bridgehead atoms. The first-order chi connectivity index (χ1) is 13.0. The molecule has 5 nitrogen and oxygen atoms in total. The minimum Gasteiger partial charge on any atom is -0.490 e. The highest BCUT2D eigenvalue weighted by Crippen LogP contribution is 2.34. The van der Waals surface area contributed by atoms with Gasteiger partial charge in [-0.3, -0.25) is 0 Å². The van der Waals surface area contributed by atoms with Gasteiger partial charge in [0.15, 0.2) is 11.5 Å². The molecule has 2 aromatic carbocycles. The van der Waals surface area contributed by atoms with E-state index in [1.165, 1.54) is 6.07 Å². The van der Waals surface area contributed by atoms with Crippen LogP contribution in [0.3, 0.4) is 0 Å². The minimum atomic E-state index is -0.343. The Bertz CT molecular complexity index is 795. The fourth-order valence-corrected chi connectivity index (χ4v) is 3.02. The Balaban J connectivity index is 1.68. The van der Waals surface area contributed by atoms with Crippen LogP contribution in [0, 0.1) is 11.7 Å². The number of hydrogen-bond acceptors (Lipinski definition) is 3. The Morgan fingerprint density at radius 2 is 1.85 bits per heavy atom. The van der Waals surface area contributed by atoms with E-state index >= 15 is 0 Å². The summed E-state index contributed by atoms with van der Waals surface area (Å²) in [7, 11) is 0. The topological polar surface area (TPSA) is 59.6 Å². The molecular formula is C21H25FN2O3. The van der Waals surface area contributed by atoms with Gasteiger partial charge in [0, 0.05) is 18.5 Å². The Labute approximate surface area is 158 Å². The lowest BCUT2D eigenvalue weighted by molar-refractivity contribution is 0.232. The maximum atomic E-state index is 13.7. The first kappa shape index (κ1) is 19.0. The monoisotopic (exact) mass is 372 g/mol. The van der Waals surface area contributed by atoms with Crippen molar-refractivity contribution in [2.45, 2.75) is 32.9 Å². The van der Waals surface area contributed by atoms with E-state index in [-0.39, 0.29) is 30.4 Å². The largest absolute Gasteiger partial charge is 0.490 e. The molecule has 1 aliphatic heterocycles. The number of nitrogens with one attached hydrogen (secondary N) is 2. The summed E-state index contributed by atoms with van der Waals surface area (Å²) in [4.78, 5) is 12.4. The van der Waals surface area contributed by atoms with E-state index in [2.05, 4.69) is 10.6 Å². The van der Waals surface area contributed by atoms with Crippen LogP contribution in [0.15, 0.2) is 42.5 Å². The zero-order chi connectivity index (χ0) is 19.2. The van der Waals surface area contributed by atoms with Crippen molar-refractivity contribution < 1.29 is 18.7 Å². The molecule has 2 N–H and O–H groups in total. The van der Waals surface area contributed by atoms with E-state index in [4.69, 9.17) is 9.47 Å². The van der Waals surface area contributed by atoms with E-state index in [0.717, 1.165) is 17.7 Å². The van der Waals surface area contributed by atoms with Crippen LogP contribution in [0.4, 0.5) is 9.18 Å². The van der Waals surface area contributed by atoms with Gasteiger partial charge >= 0.3 is 6.03 Å². The van der Waals surface area contributed by atoms with E-state index in [9.17, 15) is 9.18 Å².